The average Bonchev–Trinajstić information content (AvgIpc) is 1.94. The minimum absolute atomic E-state index is 0.00278. The summed E-state index contributed by atoms with van der Waals surface area (Å²) in [5.74, 6) is 0.195. The molecule has 1 aliphatic rings. The maximum absolute atomic E-state index is 10.5. The van der Waals surface area contributed by atoms with Crippen LogP contribution in [-0.2, 0) is 14.3 Å². The molecular formula is C8H13NO3. The lowest BCUT2D eigenvalue weighted by Gasteiger charge is -2.33. The van der Waals surface area contributed by atoms with Crippen LogP contribution in [0.15, 0.2) is 0 Å². The van der Waals surface area contributed by atoms with Gasteiger partial charge in [-0.05, 0) is 12.8 Å². The van der Waals surface area contributed by atoms with Crippen molar-refractivity contribution in [2.75, 3.05) is 7.11 Å². The number of carbonyl (C=O) groups excluding carboxylic acids is 1. The quantitative estimate of drug-likeness (QED) is 0.382. The molecule has 0 bridgehead atoms. The number of hydrogen-bond donors (Lipinski definition) is 1. The Morgan fingerprint density at radius 3 is 2.50 bits per heavy atom. The van der Waals surface area contributed by atoms with Crippen molar-refractivity contribution in [3.05, 3.63) is 0 Å². The molecule has 1 fully saturated rings. The maximum atomic E-state index is 10.5. The highest BCUT2D eigenvalue weighted by Gasteiger charge is 2.35. The third-order valence-corrected chi connectivity index (χ3v) is 2.02. The minimum Gasteiger partial charge on any atom is -0.484 e. The van der Waals surface area contributed by atoms with E-state index in [-0.39, 0.29) is 18.0 Å². The normalized spacial score (nSPS) is 27.2. The molecule has 0 aromatic heterocycles. The Hall–Kier alpha value is -1.06. The van der Waals surface area contributed by atoms with Crippen molar-refractivity contribution in [3.8, 4) is 0 Å². The lowest BCUT2D eigenvalue weighted by atomic mass is 9.82. The molecule has 0 aromatic rings. The Balaban J connectivity index is 2.20. The lowest BCUT2D eigenvalue weighted by Crippen LogP contribution is -2.37. The molecule has 0 radical (unpaired) electrons. The molecule has 0 atom stereocenters. The number of nitrogens with one attached hydrogen (secondary N) is 1. The standard InChI is InChI=1S/C8H13NO3/c1-5(10)12-7-3-6(4-7)8(9)11-2/h6-7,9H,3-4H2,1-2H3. The summed E-state index contributed by atoms with van der Waals surface area (Å²) in [6.07, 6.45) is 1.46. The predicted octanol–water partition coefficient (Wildman–Crippen LogP) is 0.952. The van der Waals surface area contributed by atoms with E-state index in [1.807, 2.05) is 0 Å². The van der Waals surface area contributed by atoms with E-state index in [9.17, 15) is 4.79 Å². The number of ether oxygens (including phenoxy) is 2. The van der Waals surface area contributed by atoms with Crippen molar-refractivity contribution >= 4 is 11.9 Å². The van der Waals surface area contributed by atoms with Gasteiger partial charge in [-0.3, -0.25) is 10.2 Å². The summed E-state index contributed by atoms with van der Waals surface area (Å²) in [4.78, 5) is 10.5. The lowest BCUT2D eigenvalue weighted by molar-refractivity contribution is -0.151. The topological polar surface area (TPSA) is 59.4 Å². The van der Waals surface area contributed by atoms with Crippen LogP contribution < -0.4 is 0 Å². The van der Waals surface area contributed by atoms with Gasteiger partial charge in [-0.1, -0.05) is 0 Å². The Morgan fingerprint density at radius 1 is 1.50 bits per heavy atom. The van der Waals surface area contributed by atoms with Gasteiger partial charge in [0.05, 0.1) is 7.11 Å². The second-order valence-corrected chi connectivity index (χ2v) is 2.97. The van der Waals surface area contributed by atoms with Gasteiger partial charge >= 0.3 is 5.97 Å². The van der Waals surface area contributed by atoms with Crippen molar-refractivity contribution in [2.24, 2.45) is 5.92 Å². The summed E-state index contributed by atoms with van der Waals surface area (Å²) in [6.45, 7) is 1.40. The number of carbonyl (C=O) groups is 1. The first-order chi connectivity index (χ1) is 5.63. The van der Waals surface area contributed by atoms with E-state index in [4.69, 9.17) is 14.9 Å². The fourth-order valence-corrected chi connectivity index (χ4v) is 1.28. The van der Waals surface area contributed by atoms with E-state index in [2.05, 4.69) is 0 Å². The average molecular weight is 171 g/mol. The molecule has 0 spiro atoms. The third-order valence-electron chi connectivity index (χ3n) is 2.02. The predicted molar refractivity (Wildman–Crippen MR) is 43.0 cm³/mol. The van der Waals surface area contributed by atoms with Crippen LogP contribution in [0.4, 0.5) is 0 Å². The van der Waals surface area contributed by atoms with Gasteiger partial charge in [-0.15, -0.1) is 0 Å². The van der Waals surface area contributed by atoms with Crippen LogP contribution in [0.25, 0.3) is 0 Å². The van der Waals surface area contributed by atoms with Crippen molar-refractivity contribution in [1.29, 1.82) is 5.41 Å². The van der Waals surface area contributed by atoms with Gasteiger partial charge in [0.25, 0.3) is 0 Å². The summed E-state index contributed by atoms with van der Waals surface area (Å²) in [5, 5.41) is 7.30. The molecule has 1 N–H and O–H groups in total. The Kier molecular flexibility index (Phi) is 2.68. The molecule has 0 saturated heterocycles. The molecule has 4 heteroatoms. The highest BCUT2D eigenvalue weighted by Crippen LogP contribution is 2.30. The molecule has 4 nitrogen and oxygen atoms in total. The highest BCUT2D eigenvalue weighted by atomic mass is 16.5. The van der Waals surface area contributed by atoms with E-state index >= 15 is 0 Å². The van der Waals surface area contributed by atoms with E-state index < -0.39 is 0 Å². The Morgan fingerprint density at radius 2 is 2.08 bits per heavy atom. The largest absolute Gasteiger partial charge is 0.484 e. The molecule has 0 amide bonds. The molecule has 0 unspecified atom stereocenters. The van der Waals surface area contributed by atoms with Gasteiger partial charge in [0.15, 0.2) is 5.90 Å². The molecule has 1 aliphatic carbocycles. The number of esters is 1. The first-order valence-corrected chi connectivity index (χ1v) is 3.93. The summed E-state index contributed by atoms with van der Waals surface area (Å²) in [7, 11) is 1.49. The van der Waals surface area contributed by atoms with Crippen LogP contribution in [-0.4, -0.2) is 25.1 Å². The third kappa shape index (κ3) is 1.96. The zero-order valence-corrected chi connectivity index (χ0v) is 7.29. The van der Waals surface area contributed by atoms with Gasteiger partial charge in [0, 0.05) is 12.8 Å². The maximum Gasteiger partial charge on any atom is 0.302 e. The van der Waals surface area contributed by atoms with Crippen LogP contribution >= 0.6 is 0 Å². The van der Waals surface area contributed by atoms with Gasteiger partial charge < -0.3 is 9.47 Å². The monoisotopic (exact) mass is 171 g/mol. The summed E-state index contributed by atoms with van der Waals surface area (Å²) in [5.41, 5.74) is 0. The summed E-state index contributed by atoms with van der Waals surface area (Å²) < 4.78 is 9.67. The van der Waals surface area contributed by atoms with E-state index in [1.54, 1.807) is 0 Å². The molecule has 1 rings (SSSR count). The molecule has 0 aliphatic heterocycles. The fourth-order valence-electron chi connectivity index (χ4n) is 1.28. The second kappa shape index (κ2) is 3.56. The van der Waals surface area contributed by atoms with Crippen LogP contribution in [0, 0.1) is 11.3 Å². The van der Waals surface area contributed by atoms with Gasteiger partial charge in [0.1, 0.15) is 6.10 Å². The van der Waals surface area contributed by atoms with Crippen molar-refractivity contribution in [2.45, 2.75) is 25.9 Å². The SMILES string of the molecule is COC(=N)C1CC(OC(C)=O)C1. The zero-order chi connectivity index (χ0) is 9.14. The second-order valence-electron chi connectivity index (χ2n) is 2.97. The van der Waals surface area contributed by atoms with Crippen LogP contribution in [0.1, 0.15) is 19.8 Å². The first-order valence-electron chi connectivity index (χ1n) is 3.93. The molecule has 0 aromatic carbocycles. The number of methoxy groups -OCH3 is 1. The molecule has 0 heterocycles. The van der Waals surface area contributed by atoms with Gasteiger partial charge in [-0.2, -0.15) is 0 Å². The Bertz CT molecular complexity index is 196. The van der Waals surface area contributed by atoms with E-state index in [0.29, 0.717) is 5.90 Å². The first kappa shape index (κ1) is 9.03. The number of rotatable bonds is 2. The van der Waals surface area contributed by atoms with E-state index in [0.717, 1.165) is 12.8 Å². The van der Waals surface area contributed by atoms with Crippen molar-refractivity contribution in [1.82, 2.24) is 0 Å². The van der Waals surface area contributed by atoms with Gasteiger partial charge in [-0.25, -0.2) is 0 Å². The van der Waals surface area contributed by atoms with Crippen LogP contribution in [0.3, 0.4) is 0 Å². The summed E-state index contributed by atoms with van der Waals surface area (Å²) >= 11 is 0. The molecular weight excluding hydrogens is 158 g/mol. The number of hydrogen-bond acceptors (Lipinski definition) is 4. The molecule has 68 valence electrons. The van der Waals surface area contributed by atoms with Crippen LogP contribution in [0.5, 0.6) is 0 Å². The van der Waals surface area contributed by atoms with Gasteiger partial charge in [0.2, 0.25) is 0 Å². The smallest absolute Gasteiger partial charge is 0.302 e. The minimum atomic E-state index is -0.248. The molecule has 12 heavy (non-hydrogen) atoms. The van der Waals surface area contributed by atoms with Crippen LogP contribution in [0.2, 0.25) is 0 Å². The van der Waals surface area contributed by atoms with E-state index in [1.165, 1.54) is 14.0 Å². The molecule has 1 saturated carbocycles. The summed E-state index contributed by atoms with van der Waals surface area (Å²) in [6, 6.07) is 0. The highest BCUT2D eigenvalue weighted by molar-refractivity contribution is 5.76. The fraction of sp³-hybridized carbons (Fsp3) is 0.750. The Labute approximate surface area is 71.4 Å². The van der Waals surface area contributed by atoms with Crippen molar-refractivity contribution in [3.63, 3.8) is 0 Å². The zero-order valence-electron chi connectivity index (χ0n) is 7.29. The van der Waals surface area contributed by atoms with Crippen molar-refractivity contribution < 1.29 is 14.3 Å².